The van der Waals surface area contributed by atoms with Gasteiger partial charge in [-0.3, -0.25) is 0 Å². The number of halogens is 3. The molecular weight excluding hydrogens is 337 g/mol. The molecular formula is C18H15F3O4. The van der Waals surface area contributed by atoms with E-state index in [4.69, 9.17) is 9.47 Å². The second-order valence-electron chi connectivity index (χ2n) is 4.86. The first-order valence-electron chi connectivity index (χ1n) is 7.20. The van der Waals surface area contributed by atoms with Crippen molar-refractivity contribution in [2.75, 3.05) is 7.11 Å². The Labute approximate surface area is 142 Å². The fourth-order valence-electron chi connectivity index (χ4n) is 1.94. The van der Waals surface area contributed by atoms with Crippen LogP contribution in [0.3, 0.4) is 0 Å². The lowest BCUT2D eigenvalue weighted by Crippen LogP contribution is -2.05. The van der Waals surface area contributed by atoms with Crippen LogP contribution < -0.4 is 9.47 Å². The maximum atomic E-state index is 12.8. The van der Waals surface area contributed by atoms with Crippen molar-refractivity contribution < 1.29 is 32.2 Å². The highest BCUT2D eigenvalue weighted by molar-refractivity contribution is 5.87. The van der Waals surface area contributed by atoms with E-state index in [1.54, 1.807) is 0 Å². The Morgan fingerprint density at radius 2 is 1.84 bits per heavy atom. The van der Waals surface area contributed by atoms with Gasteiger partial charge >= 0.3 is 12.6 Å². The summed E-state index contributed by atoms with van der Waals surface area (Å²) in [5.74, 6) is -0.969. The zero-order valence-corrected chi connectivity index (χ0v) is 13.2. The lowest BCUT2D eigenvalue weighted by molar-refractivity contribution is -0.138. The maximum Gasteiger partial charge on any atom is 0.387 e. The molecule has 25 heavy (non-hydrogen) atoms. The average Bonchev–Trinajstić information content (AvgIpc) is 2.60. The number of alkyl halides is 2. The average molecular weight is 352 g/mol. The Hall–Kier alpha value is -2.96. The summed E-state index contributed by atoms with van der Waals surface area (Å²) in [6.07, 6.45) is 2.70. The summed E-state index contributed by atoms with van der Waals surface area (Å²) in [4.78, 5) is 11.7. The molecule has 0 bridgehead atoms. The molecule has 2 aromatic carbocycles. The highest BCUT2D eigenvalue weighted by Crippen LogP contribution is 2.29. The topological polar surface area (TPSA) is 44.8 Å². The number of ether oxygens (including phenoxy) is 3. The number of rotatable bonds is 7. The second kappa shape index (κ2) is 8.77. The van der Waals surface area contributed by atoms with Crippen LogP contribution in [-0.2, 0) is 16.1 Å². The van der Waals surface area contributed by atoms with E-state index >= 15 is 0 Å². The van der Waals surface area contributed by atoms with Gasteiger partial charge in [-0.2, -0.15) is 8.78 Å². The number of hydrogen-bond acceptors (Lipinski definition) is 4. The van der Waals surface area contributed by atoms with Crippen molar-refractivity contribution in [2.45, 2.75) is 13.2 Å². The molecule has 0 heterocycles. The first-order valence-corrected chi connectivity index (χ1v) is 7.20. The van der Waals surface area contributed by atoms with Gasteiger partial charge in [-0.05, 0) is 41.5 Å². The van der Waals surface area contributed by atoms with Gasteiger partial charge in [-0.15, -0.1) is 0 Å². The molecule has 0 N–H and O–H groups in total. The fourth-order valence-corrected chi connectivity index (χ4v) is 1.94. The normalized spacial score (nSPS) is 10.9. The van der Waals surface area contributed by atoms with E-state index in [1.165, 1.54) is 61.7 Å². The van der Waals surface area contributed by atoms with Crippen LogP contribution in [0.2, 0.25) is 0 Å². The van der Waals surface area contributed by atoms with Crippen LogP contribution in [0.1, 0.15) is 11.1 Å². The van der Waals surface area contributed by atoms with Crippen LogP contribution in [-0.4, -0.2) is 19.7 Å². The molecule has 0 saturated heterocycles. The predicted octanol–water partition coefficient (Wildman–Crippen LogP) is 4.19. The summed E-state index contributed by atoms with van der Waals surface area (Å²) < 4.78 is 51.6. The molecule has 0 radical (unpaired) electrons. The summed E-state index contributed by atoms with van der Waals surface area (Å²) >= 11 is 0. The molecule has 0 aromatic heterocycles. The largest absolute Gasteiger partial charge is 0.493 e. The van der Waals surface area contributed by atoms with Crippen molar-refractivity contribution in [3.8, 4) is 11.5 Å². The molecule has 0 amide bonds. The van der Waals surface area contributed by atoms with E-state index in [1.807, 2.05) is 0 Å². The molecule has 0 atom stereocenters. The highest BCUT2D eigenvalue weighted by Gasteiger charge is 2.11. The molecule has 0 aliphatic rings. The van der Waals surface area contributed by atoms with Gasteiger partial charge in [0.1, 0.15) is 12.4 Å². The Bertz CT molecular complexity index is 742. The summed E-state index contributed by atoms with van der Waals surface area (Å²) in [6.45, 7) is -3.04. The van der Waals surface area contributed by atoms with Gasteiger partial charge in [-0.25, -0.2) is 9.18 Å². The third kappa shape index (κ3) is 5.87. The van der Waals surface area contributed by atoms with Crippen LogP contribution in [0.4, 0.5) is 13.2 Å². The highest BCUT2D eigenvalue weighted by atomic mass is 19.3. The third-order valence-electron chi connectivity index (χ3n) is 3.11. The first-order chi connectivity index (χ1) is 12.0. The molecule has 0 spiro atoms. The molecule has 132 valence electrons. The minimum Gasteiger partial charge on any atom is -0.493 e. The fraction of sp³-hybridized carbons (Fsp3) is 0.167. The molecule has 0 aliphatic heterocycles. The molecule has 0 unspecified atom stereocenters. The Morgan fingerprint density at radius 3 is 2.48 bits per heavy atom. The summed E-state index contributed by atoms with van der Waals surface area (Å²) in [5.41, 5.74) is 1.19. The quantitative estimate of drug-likeness (QED) is 0.554. The number of carbonyl (C=O) groups is 1. The molecule has 2 aromatic rings. The standard InChI is InChI=1S/C18H15F3O4/c1-23-16-10-13(4-8-15(16)25-18(20)21)11-24-17(22)9-5-12-2-6-14(19)7-3-12/h2-10,18H,11H2,1H3/b9-5+. The van der Waals surface area contributed by atoms with E-state index in [2.05, 4.69) is 4.74 Å². The predicted molar refractivity (Wildman–Crippen MR) is 84.9 cm³/mol. The lowest BCUT2D eigenvalue weighted by atomic mass is 10.2. The lowest BCUT2D eigenvalue weighted by Gasteiger charge is -2.11. The Balaban J connectivity index is 1.93. The van der Waals surface area contributed by atoms with Gasteiger partial charge < -0.3 is 14.2 Å². The smallest absolute Gasteiger partial charge is 0.387 e. The van der Waals surface area contributed by atoms with Crippen LogP contribution in [0.15, 0.2) is 48.5 Å². The molecule has 0 aliphatic carbocycles. The van der Waals surface area contributed by atoms with Gasteiger partial charge in [0.25, 0.3) is 0 Å². The van der Waals surface area contributed by atoms with Crippen molar-refractivity contribution in [1.82, 2.24) is 0 Å². The molecule has 4 nitrogen and oxygen atoms in total. The van der Waals surface area contributed by atoms with Gasteiger partial charge in [0.2, 0.25) is 0 Å². The Kier molecular flexibility index (Phi) is 6.45. The van der Waals surface area contributed by atoms with Crippen molar-refractivity contribution in [2.24, 2.45) is 0 Å². The van der Waals surface area contributed by atoms with Gasteiger partial charge in [0, 0.05) is 6.08 Å². The molecule has 0 fully saturated rings. The van der Waals surface area contributed by atoms with E-state index in [9.17, 15) is 18.0 Å². The number of methoxy groups -OCH3 is 1. The van der Waals surface area contributed by atoms with E-state index in [-0.39, 0.29) is 23.9 Å². The third-order valence-corrected chi connectivity index (χ3v) is 3.11. The molecule has 0 saturated carbocycles. The second-order valence-corrected chi connectivity index (χ2v) is 4.86. The van der Waals surface area contributed by atoms with Crippen LogP contribution in [0, 0.1) is 5.82 Å². The van der Waals surface area contributed by atoms with Crippen LogP contribution >= 0.6 is 0 Å². The first kappa shape index (κ1) is 18.4. The number of hydrogen-bond donors (Lipinski definition) is 0. The van der Waals surface area contributed by atoms with Crippen molar-refractivity contribution in [1.29, 1.82) is 0 Å². The zero-order valence-electron chi connectivity index (χ0n) is 13.2. The zero-order chi connectivity index (χ0) is 18.2. The van der Waals surface area contributed by atoms with E-state index < -0.39 is 12.6 Å². The Morgan fingerprint density at radius 1 is 1.12 bits per heavy atom. The molecule has 2 rings (SSSR count). The number of esters is 1. The van der Waals surface area contributed by atoms with Crippen molar-refractivity contribution in [3.63, 3.8) is 0 Å². The summed E-state index contributed by atoms with van der Waals surface area (Å²) in [6, 6.07) is 9.83. The summed E-state index contributed by atoms with van der Waals surface area (Å²) in [7, 11) is 1.31. The van der Waals surface area contributed by atoms with Crippen LogP contribution in [0.25, 0.3) is 6.08 Å². The van der Waals surface area contributed by atoms with Gasteiger partial charge in [0.05, 0.1) is 7.11 Å². The minimum absolute atomic E-state index is 0.0715. The van der Waals surface area contributed by atoms with Gasteiger partial charge in [-0.1, -0.05) is 18.2 Å². The number of benzene rings is 2. The van der Waals surface area contributed by atoms with E-state index in [0.717, 1.165) is 0 Å². The SMILES string of the molecule is COc1cc(COC(=O)/C=C/c2ccc(F)cc2)ccc1OC(F)F. The van der Waals surface area contributed by atoms with E-state index in [0.29, 0.717) is 11.1 Å². The maximum absolute atomic E-state index is 12.8. The molecule has 7 heteroatoms. The van der Waals surface area contributed by atoms with Crippen molar-refractivity contribution >= 4 is 12.0 Å². The van der Waals surface area contributed by atoms with Gasteiger partial charge in [0.15, 0.2) is 11.5 Å². The van der Waals surface area contributed by atoms with Crippen molar-refractivity contribution in [3.05, 3.63) is 65.5 Å². The monoisotopic (exact) mass is 352 g/mol. The minimum atomic E-state index is -2.96. The summed E-state index contributed by atoms with van der Waals surface area (Å²) in [5, 5.41) is 0. The number of carbonyl (C=O) groups excluding carboxylic acids is 1. The van der Waals surface area contributed by atoms with Crippen LogP contribution in [0.5, 0.6) is 11.5 Å².